The van der Waals surface area contributed by atoms with Crippen LogP contribution in [0.25, 0.3) is 11.1 Å². The smallest absolute Gasteiger partial charge is 0.226 e. The molecule has 0 spiro atoms. The van der Waals surface area contributed by atoms with Crippen LogP contribution in [0.4, 0.5) is 4.39 Å². The van der Waals surface area contributed by atoms with Crippen molar-refractivity contribution in [3.63, 3.8) is 0 Å². The number of nitrogens with one attached hydrogen (secondary N) is 1. The topological polar surface area (TPSA) is 54.5 Å². The number of halogens is 1. The molecule has 6 heteroatoms. The molecule has 0 radical (unpaired) electrons. The lowest BCUT2D eigenvalue weighted by molar-refractivity contribution is -0.121. The van der Waals surface area contributed by atoms with Gasteiger partial charge in [-0.2, -0.15) is 0 Å². The van der Waals surface area contributed by atoms with Crippen LogP contribution in [0.1, 0.15) is 50.3 Å². The third-order valence-electron chi connectivity index (χ3n) is 6.77. The van der Waals surface area contributed by atoms with Crippen LogP contribution in [0, 0.1) is 11.7 Å². The highest BCUT2D eigenvalue weighted by molar-refractivity contribution is 5.78. The second-order valence-corrected chi connectivity index (χ2v) is 9.17. The summed E-state index contributed by atoms with van der Waals surface area (Å²) in [5, 5.41) is 3.14. The van der Waals surface area contributed by atoms with E-state index in [1.54, 1.807) is 12.3 Å². The number of aromatic nitrogens is 1. The van der Waals surface area contributed by atoms with E-state index in [0.29, 0.717) is 17.2 Å². The molecular formula is C26H34FN3O2. The quantitative estimate of drug-likeness (QED) is 0.697. The van der Waals surface area contributed by atoms with Crippen LogP contribution in [-0.2, 0) is 22.5 Å². The first-order chi connectivity index (χ1) is 15.6. The van der Waals surface area contributed by atoms with Gasteiger partial charge < -0.3 is 10.1 Å². The van der Waals surface area contributed by atoms with Crippen molar-refractivity contribution in [1.29, 1.82) is 0 Å². The van der Waals surface area contributed by atoms with E-state index >= 15 is 0 Å². The molecule has 0 bridgehead atoms. The molecule has 1 saturated heterocycles. The summed E-state index contributed by atoms with van der Waals surface area (Å²) in [6.07, 6.45) is 8.14. The van der Waals surface area contributed by atoms with Gasteiger partial charge in [-0.15, -0.1) is 0 Å². The molecule has 2 aromatic rings. The lowest BCUT2D eigenvalue weighted by Crippen LogP contribution is -2.39. The number of rotatable bonds is 7. The van der Waals surface area contributed by atoms with Gasteiger partial charge in [-0.05, 0) is 43.4 Å². The lowest BCUT2D eigenvalue weighted by atomic mass is 9.84. The lowest BCUT2D eigenvalue weighted by Gasteiger charge is -2.28. The number of benzene rings is 1. The Hall–Kier alpha value is -2.31. The Morgan fingerprint density at radius 3 is 2.66 bits per heavy atom. The zero-order valence-corrected chi connectivity index (χ0v) is 19.0. The van der Waals surface area contributed by atoms with Crippen LogP contribution in [0.2, 0.25) is 0 Å². The molecule has 172 valence electrons. The molecule has 1 aromatic carbocycles. The summed E-state index contributed by atoms with van der Waals surface area (Å²) in [6, 6.07) is 9.27. The Labute approximate surface area is 190 Å². The molecule has 1 N–H and O–H groups in total. The van der Waals surface area contributed by atoms with Gasteiger partial charge in [0.05, 0.1) is 19.6 Å². The first-order valence-electron chi connectivity index (χ1n) is 11.9. The van der Waals surface area contributed by atoms with Gasteiger partial charge in [-0.25, -0.2) is 4.39 Å². The molecule has 1 atom stereocenters. The molecule has 32 heavy (non-hydrogen) atoms. The van der Waals surface area contributed by atoms with E-state index in [4.69, 9.17) is 4.74 Å². The Morgan fingerprint density at radius 2 is 1.97 bits per heavy atom. The number of nitrogens with zero attached hydrogens (tertiary/aromatic N) is 2. The molecule has 1 amide bonds. The van der Waals surface area contributed by atoms with Gasteiger partial charge in [0.15, 0.2) is 0 Å². The Morgan fingerprint density at radius 1 is 1.19 bits per heavy atom. The predicted octanol–water partition coefficient (Wildman–Crippen LogP) is 4.35. The number of pyridine rings is 1. The maximum atomic E-state index is 14.8. The molecule has 1 aromatic heterocycles. The van der Waals surface area contributed by atoms with Gasteiger partial charge in [0.1, 0.15) is 5.82 Å². The van der Waals surface area contributed by atoms with Gasteiger partial charge >= 0.3 is 0 Å². The minimum atomic E-state index is -0.246. The van der Waals surface area contributed by atoms with Crippen LogP contribution >= 0.6 is 0 Å². The molecule has 1 aliphatic carbocycles. The minimum absolute atomic E-state index is 0.00182. The number of hydrogen-bond acceptors (Lipinski definition) is 4. The van der Waals surface area contributed by atoms with Gasteiger partial charge in [0, 0.05) is 48.7 Å². The average Bonchev–Trinajstić information content (AvgIpc) is 2.81. The molecule has 0 unspecified atom stereocenters. The highest BCUT2D eigenvalue weighted by atomic mass is 19.1. The first-order valence-corrected chi connectivity index (χ1v) is 11.9. The Kier molecular flexibility index (Phi) is 7.87. The maximum absolute atomic E-state index is 14.8. The molecule has 2 heterocycles. The van der Waals surface area contributed by atoms with E-state index in [0.717, 1.165) is 44.0 Å². The third-order valence-corrected chi connectivity index (χ3v) is 6.77. The molecule has 1 saturated carbocycles. The highest BCUT2D eigenvalue weighted by Gasteiger charge is 2.21. The number of amides is 1. The standard InChI is InChI=1S/C26H34FN3O2/c1-19(21-5-3-2-4-6-21)29-26(31)16-23-9-8-22(17-28-23)24-10-7-20(15-25(24)27)18-30-11-13-32-14-12-30/h7-10,15,17,19,21H,2-6,11-14,16,18H2,1H3,(H,29,31)/t19-/m1/s1. The number of carbonyl (C=O) groups excluding carboxylic acids is 1. The molecule has 4 rings (SSSR count). The number of carbonyl (C=O) groups is 1. The molecule has 1 aliphatic heterocycles. The number of morpholine rings is 1. The number of hydrogen-bond donors (Lipinski definition) is 1. The second kappa shape index (κ2) is 11.0. The van der Waals surface area contributed by atoms with Crippen molar-refractivity contribution in [2.75, 3.05) is 26.3 Å². The third kappa shape index (κ3) is 6.14. The summed E-state index contributed by atoms with van der Waals surface area (Å²) in [4.78, 5) is 19.1. The first kappa shape index (κ1) is 22.9. The fourth-order valence-corrected chi connectivity index (χ4v) is 4.82. The fourth-order valence-electron chi connectivity index (χ4n) is 4.82. The summed E-state index contributed by atoms with van der Waals surface area (Å²) in [5.41, 5.74) is 2.92. The van der Waals surface area contributed by atoms with Crippen molar-refractivity contribution < 1.29 is 13.9 Å². The van der Waals surface area contributed by atoms with Crippen LogP contribution in [-0.4, -0.2) is 48.1 Å². The fraction of sp³-hybridized carbons (Fsp3) is 0.538. The average molecular weight is 440 g/mol. The summed E-state index contributed by atoms with van der Waals surface area (Å²) in [6.45, 7) is 6.05. The molecule has 2 aliphatic rings. The normalized spacial score (nSPS) is 18.9. The number of ether oxygens (including phenoxy) is 1. The van der Waals surface area contributed by atoms with Crippen molar-refractivity contribution in [3.05, 3.63) is 53.6 Å². The van der Waals surface area contributed by atoms with Crippen molar-refractivity contribution in [3.8, 4) is 11.1 Å². The van der Waals surface area contributed by atoms with Crippen LogP contribution in [0.5, 0.6) is 0 Å². The summed E-state index contributed by atoms with van der Waals surface area (Å²) in [7, 11) is 0. The minimum Gasteiger partial charge on any atom is -0.379 e. The van der Waals surface area contributed by atoms with Gasteiger partial charge in [0.25, 0.3) is 0 Å². The van der Waals surface area contributed by atoms with Crippen LogP contribution in [0.3, 0.4) is 0 Å². The predicted molar refractivity (Wildman–Crippen MR) is 124 cm³/mol. The highest BCUT2D eigenvalue weighted by Crippen LogP contribution is 2.27. The molecular weight excluding hydrogens is 405 g/mol. The van der Waals surface area contributed by atoms with Gasteiger partial charge in [0.2, 0.25) is 5.91 Å². The Bertz CT molecular complexity index is 890. The molecule has 5 nitrogen and oxygen atoms in total. The largest absolute Gasteiger partial charge is 0.379 e. The Balaban J connectivity index is 1.33. The second-order valence-electron chi connectivity index (χ2n) is 9.17. The maximum Gasteiger partial charge on any atom is 0.226 e. The summed E-state index contributed by atoms with van der Waals surface area (Å²) >= 11 is 0. The van der Waals surface area contributed by atoms with Crippen molar-refractivity contribution in [1.82, 2.24) is 15.2 Å². The summed E-state index contributed by atoms with van der Waals surface area (Å²) in [5.74, 6) is 0.337. The van der Waals surface area contributed by atoms with E-state index in [-0.39, 0.29) is 24.2 Å². The zero-order valence-electron chi connectivity index (χ0n) is 19.0. The van der Waals surface area contributed by atoms with E-state index < -0.39 is 0 Å². The molecule has 2 fully saturated rings. The van der Waals surface area contributed by atoms with Gasteiger partial charge in [-0.3, -0.25) is 14.7 Å². The van der Waals surface area contributed by atoms with E-state index in [9.17, 15) is 9.18 Å². The van der Waals surface area contributed by atoms with Gasteiger partial charge in [-0.1, -0.05) is 37.5 Å². The van der Waals surface area contributed by atoms with E-state index in [2.05, 4.69) is 22.1 Å². The summed E-state index contributed by atoms with van der Waals surface area (Å²) < 4.78 is 20.2. The van der Waals surface area contributed by atoms with Crippen LogP contribution < -0.4 is 5.32 Å². The van der Waals surface area contributed by atoms with Crippen molar-refractivity contribution >= 4 is 5.91 Å². The van der Waals surface area contributed by atoms with Crippen molar-refractivity contribution in [2.45, 2.75) is 58.0 Å². The SMILES string of the molecule is C[C@@H](NC(=O)Cc1ccc(-c2ccc(CN3CCOCC3)cc2F)cn1)C1CCCCC1. The zero-order chi connectivity index (χ0) is 22.3. The van der Waals surface area contributed by atoms with Crippen molar-refractivity contribution in [2.24, 2.45) is 5.92 Å². The monoisotopic (exact) mass is 439 g/mol. The van der Waals surface area contributed by atoms with E-state index in [1.807, 2.05) is 24.3 Å². The van der Waals surface area contributed by atoms with E-state index in [1.165, 1.54) is 32.1 Å². The van der Waals surface area contributed by atoms with Crippen LogP contribution in [0.15, 0.2) is 36.5 Å².